The van der Waals surface area contributed by atoms with Crippen LogP contribution in [0.5, 0.6) is 11.5 Å². The van der Waals surface area contributed by atoms with Gasteiger partial charge in [0.1, 0.15) is 6.04 Å². The number of carbonyl (C=O) groups is 2. The summed E-state index contributed by atoms with van der Waals surface area (Å²) < 4.78 is 35.3. The Balaban J connectivity index is 1.71. The summed E-state index contributed by atoms with van der Waals surface area (Å²) in [5.41, 5.74) is 0.585. The lowest BCUT2D eigenvalue weighted by atomic mass is 10.1. The number of amides is 1. The largest absolute Gasteiger partial charge is 0.489 e. The van der Waals surface area contributed by atoms with Crippen molar-refractivity contribution in [2.45, 2.75) is 44.9 Å². The van der Waals surface area contributed by atoms with Crippen LogP contribution in [0.1, 0.15) is 26.2 Å². The van der Waals surface area contributed by atoms with Gasteiger partial charge in [0.2, 0.25) is 5.91 Å². The molecule has 0 bridgehead atoms. The van der Waals surface area contributed by atoms with E-state index in [0.717, 1.165) is 12.8 Å². The predicted molar refractivity (Wildman–Crippen MR) is 92.1 cm³/mol. The van der Waals surface area contributed by atoms with Crippen molar-refractivity contribution in [1.29, 1.82) is 0 Å². The molecule has 2 aliphatic rings. The van der Waals surface area contributed by atoms with Crippen molar-refractivity contribution in [3.05, 3.63) is 18.2 Å². The van der Waals surface area contributed by atoms with Gasteiger partial charge in [-0.3, -0.25) is 4.79 Å². The third-order valence-corrected chi connectivity index (χ3v) is 4.69. The minimum atomic E-state index is -2.96. The Kier molecular flexibility index (Phi) is 5.67. The number of likely N-dealkylation sites (tertiary alicyclic amines) is 1. The van der Waals surface area contributed by atoms with Crippen molar-refractivity contribution in [2.24, 2.45) is 5.92 Å². The molecule has 1 unspecified atom stereocenters. The van der Waals surface area contributed by atoms with Gasteiger partial charge in [-0.15, -0.1) is 0 Å². The molecule has 0 aromatic heterocycles. The third-order valence-electron chi connectivity index (χ3n) is 4.69. The Morgan fingerprint density at radius 3 is 2.63 bits per heavy atom. The van der Waals surface area contributed by atoms with E-state index >= 15 is 0 Å². The van der Waals surface area contributed by atoms with Crippen LogP contribution >= 0.6 is 0 Å². The van der Waals surface area contributed by atoms with Crippen LogP contribution in [0.4, 0.5) is 14.5 Å². The lowest BCUT2D eigenvalue weighted by molar-refractivity contribution is -0.147. The Bertz CT molecular complexity index is 689. The van der Waals surface area contributed by atoms with Crippen molar-refractivity contribution in [3.8, 4) is 11.5 Å². The number of benzene rings is 1. The first-order valence-corrected chi connectivity index (χ1v) is 8.81. The standard InChI is InChI=1S/C18H22F2N2O5/c1-10(23)22-8-13(6-14(22)17(24)25)21-12-4-5-15(27-18(19)20)16(7-12)26-9-11-2-3-11/h4-5,7,11,13-14,18,21H,2-3,6,8-9H2,1H3,(H,24,25)/t13?,14-/m1/s1. The number of hydrogen-bond donors (Lipinski definition) is 2. The zero-order chi connectivity index (χ0) is 19.6. The van der Waals surface area contributed by atoms with Crippen molar-refractivity contribution >= 4 is 17.6 Å². The molecule has 1 amide bonds. The Morgan fingerprint density at radius 1 is 1.33 bits per heavy atom. The van der Waals surface area contributed by atoms with E-state index in [1.165, 1.54) is 17.9 Å². The molecule has 148 valence electrons. The maximum atomic E-state index is 12.6. The first-order chi connectivity index (χ1) is 12.8. The van der Waals surface area contributed by atoms with Crippen LogP contribution in [0.3, 0.4) is 0 Å². The van der Waals surface area contributed by atoms with Gasteiger partial charge in [-0.2, -0.15) is 8.78 Å². The maximum absolute atomic E-state index is 12.6. The SMILES string of the molecule is CC(=O)N1CC(Nc2ccc(OC(F)F)c(OCC3CC3)c2)C[C@@H]1C(=O)O. The van der Waals surface area contributed by atoms with Crippen LogP contribution in [-0.4, -0.2) is 53.7 Å². The van der Waals surface area contributed by atoms with E-state index in [4.69, 9.17) is 4.74 Å². The third kappa shape index (κ3) is 4.99. The molecule has 2 N–H and O–H groups in total. The summed E-state index contributed by atoms with van der Waals surface area (Å²) in [6.45, 7) is -0.938. The van der Waals surface area contributed by atoms with Crippen LogP contribution in [0.2, 0.25) is 0 Å². The second kappa shape index (κ2) is 7.98. The maximum Gasteiger partial charge on any atom is 0.387 e. The number of carbonyl (C=O) groups excluding carboxylic acids is 1. The van der Waals surface area contributed by atoms with Gasteiger partial charge in [-0.1, -0.05) is 0 Å². The average molecular weight is 384 g/mol. The zero-order valence-electron chi connectivity index (χ0n) is 14.9. The van der Waals surface area contributed by atoms with E-state index in [-0.39, 0.29) is 36.4 Å². The van der Waals surface area contributed by atoms with E-state index in [2.05, 4.69) is 10.1 Å². The average Bonchev–Trinajstić information content (AvgIpc) is 3.32. The molecule has 1 heterocycles. The quantitative estimate of drug-likeness (QED) is 0.716. The van der Waals surface area contributed by atoms with Gasteiger partial charge < -0.3 is 24.8 Å². The Morgan fingerprint density at radius 2 is 2.07 bits per heavy atom. The van der Waals surface area contributed by atoms with Crippen molar-refractivity contribution in [2.75, 3.05) is 18.5 Å². The van der Waals surface area contributed by atoms with E-state index in [1.807, 2.05) is 0 Å². The van der Waals surface area contributed by atoms with Gasteiger partial charge in [0.05, 0.1) is 6.61 Å². The molecule has 1 aromatic carbocycles. The number of carboxylic acids is 1. The molecule has 7 nitrogen and oxygen atoms in total. The fourth-order valence-corrected chi connectivity index (χ4v) is 3.15. The molecule has 0 radical (unpaired) electrons. The molecule has 27 heavy (non-hydrogen) atoms. The van der Waals surface area contributed by atoms with Gasteiger partial charge in [0.25, 0.3) is 0 Å². The van der Waals surface area contributed by atoms with Crippen LogP contribution in [-0.2, 0) is 9.59 Å². The number of alkyl halides is 2. The molecule has 2 fully saturated rings. The molecule has 1 saturated carbocycles. The summed E-state index contributed by atoms with van der Waals surface area (Å²) in [5.74, 6) is -0.749. The van der Waals surface area contributed by atoms with Crippen LogP contribution in [0.25, 0.3) is 0 Å². The molecule has 3 rings (SSSR count). The summed E-state index contributed by atoms with van der Waals surface area (Å²) in [5, 5.41) is 12.4. The van der Waals surface area contributed by atoms with Gasteiger partial charge in [-0.25, -0.2) is 4.79 Å². The zero-order valence-corrected chi connectivity index (χ0v) is 14.9. The highest BCUT2D eigenvalue weighted by Gasteiger charge is 2.38. The van der Waals surface area contributed by atoms with Crippen LogP contribution < -0.4 is 14.8 Å². The highest BCUT2D eigenvalue weighted by atomic mass is 19.3. The van der Waals surface area contributed by atoms with Gasteiger partial charge >= 0.3 is 12.6 Å². The van der Waals surface area contributed by atoms with E-state index in [1.54, 1.807) is 12.1 Å². The van der Waals surface area contributed by atoms with Crippen molar-refractivity contribution < 1.29 is 33.0 Å². The fraction of sp³-hybridized carbons (Fsp3) is 0.556. The predicted octanol–water partition coefficient (Wildman–Crippen LogP) is 2.56. The Hall–Kier alpha value is -2.58. The van der Waals surface area contributed by atoms with Crippen LogP contribution in [0, 0.1) is 5.92 Å². The number of hydrogen-bond acceptors (Lipinski definition) is 5. The van der Waals surface area contributed by atoms with E-state index in [9.17, 15) is 23.5 Å². The number of rotatable bonds is 8. The number of nitrogens with one attached hydrogen (secondary N) is 1. The number of nitrogens with zero attached hydrogens (tertiary/aromatic N) is 1. The fourth-order valence-electron chi connectivity index (χ4n) is 3.15. The summed E-state index contributed by atoms with van der Waals surface area (Å²) in [7, 11) is 0. The van der Waals surface area contributed by atoms with E-state index < -0.39 is 18.6 Å². The molecule has 1 saturated heterocycles. The van der Waals surface area contributed by atoms with Crippen molar-refractivity contribution in [3.63, 3.8) is 0 Å². The lowest BCUT2D eigenvalue weighted by Crippen LogP contribution is -2.39. The molecule has 1 aliphatic carbocycles. The van der Waals surface area contributed by atoms with Gasteiger partial charge in [-0.05, 0) is 30.9 Å². The highest BCUT2D eigenvalue weighted by molar-refractivity contribution is 5.83. The normalized spacial score (nSPS) is 22.0. The second-order valence-corrected chi connectivity index (χ2v) is 6.90. The number of anilines is 1. The van der Waals surface area contributed by atoms with Crippen molar-refractivity contribution in [1.82, 2.24) is 4.90 Å². The molecular weight excluding hydrogens is 362 g/mol. The molecular formula is C18H22F2N2O5. The number of carboxylic acid groups (broad SMARTS) is 1. The van der Waals surface area contributed by atoms with Gasteiger partial charge in [0, 0.05) is 37.7 Å². The number of ether oxygens (including phenoxy) is 2. The minimum Gasteiger partial charge on any atom is -0.489 e. The molecule has 0 spiro atoms. The number of aliphatic carboxylic acids is 1. The second-order valence-electron chi connectivity index (χ2n) is 6.90. The summed E-state index contributed by atoms with van der Waals surface area (Å²) in [6.07, 6.45) is 2.37. The molecule has 2 atom stereocenters. The molecule has 9 heteroatoms. The molecule has 1 aliphatic heterocycles. The lowest BCUT2D eigenvalue weighted by Gasteiger charge is -2.19. The number of halogens is 2. The topological polar surface area (TPSA) is 88.1 Å². The van der Waals surface area contributed by atoms with Crippen LogP contribution in [0.15, 0.2) is 18.2 Å². The summed E-state index contributed by atoms with van der Waals surface area (Å²) in [4.78, 5) is 24.3. The summed E-state index contributed by atoms with van der Waals surface area (Å²) in [6, 6.07) is 3.36. The Labute approximate surface area is 155 Å². The first-order valence-electron chi connectivity index (χ1n) is 8.81. The van der Waals surface area contributed by atoms with E-state index in [0.29, 0.717) is 18.2 Å². The monoisotopic (exact) mass is 384 g/mol. The first kappa shape index (κ1) is 19.2. The summed E-state index contributed by atoms with van der Waals surface area (Å²) >= 11 is 0. The highest BCUT2D eigenvalue weighted by Crippen LogP contribution is 2.36. The van der Waals surface area contributed by atoms with Gasteiger partial charge in [0.15, 0.2) is 11.5 Å². The minimum absolute atomic E-state index is 0.0450. The molecule has 1 aromatic rings. The smallest absolute Gasteiger partial charge is 0.387 e.